The molecule has 0 aliphatic carbocycles. The van der Waals surface area contributed by atoms with Gasteiger partial charge in [0.1, 0.15) is 11.4 Å². The molecule has 0 spiro atoms. The zero-order chi connectivity index (χ0) is 14.6. The van der Waals surface area contributed by atoms with E-state index < -0.39 is 5.60 Å². The van der Waals surface area contributed by atoms with Gasteiger partial charge in [0.05, 0.1) is 6.42 Å². The minimum absolute atomic E-state index is 0.00342. The monoisotopic (exact) mass is 263 g/mol. The van der Waals surface area contributed by atoms with E-state index in [-0.39, 0.29) is 11.8 Å². The molecular weight excluding hydrogens is 242 g/mol. The lowest BCUT2D eigenvalue weighted by Crippen LogP contribution is -2.24. The average molecular weight is 263 g/mol. The molecule has 104 valence electrons. The summed E-state index contributed by atoms with van der Waals surface area (Å²) in [6.45, 7) is 7.33. The molecular formula is C14H21N3O2. The Balaban J connectivity index is 2.62. The minimum Gasteiger partial charge on any atom is -0.460 e. The third kappa shape index (κ3) is 5.07. The molecule has 1 aromatic heterocycles. The van der Waals surface area contributed by atoms with Crippen molar-refractivity contribution in [2.24, 2.45) is 5.73 Å². The fourth-order valence-corrected chi connectivity index (χ4v) is 1.66. The Hall–Kier alpha value is -1.91. The van der Waals surface area contributed by atoms with Crippen molar-refractivity contribution in [1.29, 1.82) is 5.41 Å². The van der Waals surface area contributed by atoms with Crippen LogP contribution in [0.15, 0.2) is 12.1 Å². The van der Waals surface area contributed by atoms with Crippen LogP contribution in [0.25, 0.3) is 0 Å². The number of nitrogens with two attached hydrogens (primary N) is 1. The molecule has 0 saturated heterocycles. The van der Waals surface area contributed by atoms with E-state index in [1.165, 1.54) is 0 Å². The van der Waals surface area contributed by atoms with Crippen molar-refractivity contribution >= 4 is 11.8 Å². The number of esters is 1. The number of carbonyl (C=O) groups is 1. The van der Waals surface area contributed by atoms with E-state index >= 15 is 0 Å². The molecule has 0 aliphatic rings. The van der Waals surface area contributed by atoms with Gasteiger partial charge in [-0.15, -0.1) is 0 Å². The maximum atomic E-state index is 11.6. The summed E-state index contributed by atoms with van der Waals surface area (Å²) in [5.41, 5.74) is 7.09. The maximum absolute atomic E-state index is 11.6. The number of ether oxygens (including phenoxy) is 1. The number of hydrogen-bond acceptors (Lipinski definition) is 4. The van der Waals surface area contributed by atoms with Crippen molar-refractivity contribution in [2.75, 3.05) is 0 Å². The highest BCUT2D eigenvalue weighted by molar-refractivity contribution is 5.95. The lowest BCUT2D eigenvalue weighted by Gasteiger charge is -2.19. The molecule has 5 heteroatoms. The van der Waals surface area contributed by atoms with Crippen LogP contribution in [0.1, 0.15) is 44.1 Å². The number of aromatic nitrogens is 1. The molecule has 0 radical (unpaired) electrons. The van der Waals surface area contributed by atoms with Gasteiger partial charge >= 0.3 is 5.97 Å². The second kappa shape index (κ2) is 5.82. The molecule has 0 unspecified atom stereocenters. The fourth-order valence-electron chi connectivity index (χ4n) is 1.66. The Morgan fingerprint density at radius 3 is 2.53 bits per heavy atom. The predicted molar refractivity (Wildman–Crippen MR) is 74.2 cm³/mol. The molecule has 0 atom stereocenters. The van der Waals surface area contributed by atoms with Crippen LogP contribution in [0, 0.1) is 12.3 Å². The quantitative estimate of drug-likeness (QED) is 0.493. The second-order valence-electron chi connectivity index (χ2n) is 5.44. The zero-order valence-electron chi connectivity index (χ0n) is 11.9. The third-order valence-electron chi connectivity index (χ3n) is 2.44. The van der Waals surface area contributed by atoms with Gasteiger partial charge in [-0.3, -0.25) is 15.2 Å². The van der Waals surface area contributed by atoms with Crippen LogP contribution in [0.5, 0.6) is 0 Å². The van der Waals surface area contributed by atoms with E-state index in [0.717, 1.165) is 5.69 Å². The first kappa shape index (κ1) is 15.1. The average Bonchev–Trinajstić information content (AvgIpc) is 2.23. The van der Waals surface area contributed by atoms with Crippen LogP contribution in [0.3, 0.4) is 0 Å². The zero-order valence-corrected chi connectivity index (χ0v) is 11.9. The highest BCUT2D eigenvalue weighted by Gasteiger charge is 2.16. The predicted octanol–water partition coefficient (Wildman–Crippen LogP) is 1.95. The molecule has 1 heterocycles. The van der Waals surface area contributed by atoms with E-state index in [9.17, 15) is 4.79 Å². The number of amidine groups is 1. The van der Waals surface area contributed by atoms with Crippen LogP contribution in [-0.2, 0) is 16.0 Å². The van der Waals surface area contributed by atoms with Gasteiger partial charge < -0.3 is 10.5 Å². The molecule has 0 fully saturated rings. The van der Waals surface area contributed by atoms with Crippen molar-refractivity contribution in [1.82, 2.24) is 4.98 Å². The van der Waals surface area contributed by atoms with E-state index in [1.54, 1.807) is 19.1 Å². The molecule has 19 heavy (non-hydrogen) atoms. The van der Waals surface area contributed by atoms with Crippen molar-refractivity contribution in [2.45, 2.75) is 46.1 Å². The summed E-state index contributed by atoms with van der Waals surface area (Å²) >= 11 is 0. The number of carbonyl (C=O) groups excluding carboxylic acids is 1. The number of rotatable bonds is 4. The molecule has 0 saturated carbocycles. The highest BCUT2D eigenvalue weighted by Crippen LogP contribution is 2.11. The maximum Gasteiger partial charge on any atom is 0.306 e. The Morgan fingerprint density at radius 1 is 1.42 bits per heavy atom. The van der Waals surface area contributed by atoms with Crippen molar-refractivity contribution < 1.29 is 9.53 Å². The number of nitrogen functional groups attached to an aromatic ring is 1. The van der Waals surface area contributed by atoms with Gasteiger partial charge in [0.15, 0.2) is 0 Å². The summed E-state index contributed by atoms with van der Waals surface area (Å²) in [6.07, 6.45) is 0.817. The second-order valence-corrected chi connectivity index (χ2v) is 5.44. The highest BCUT2D eigenvalue weighted by atomic mass is 16.6. The Bertz CT molecular complexity index is 490. The summed E-state index contributed by atoms with van der Waals surface area (Å²) in [4.78, 5) is 15.9. The first-order valence-corrected chi connectivity index (χ1v) is 6.22. The number of nitrogens with one attached hydrogen (secondary N) is 1. The molecule has 5 nitrogen and oxygen atoms in total. The molecule has 0 aliphatic heterocycles. The van der Waals surface area contributed by atoms with E-state index in [2.05, 4.69) is 4.98 Å². The van der Waals surface area contributed by atoms with Gasteiger partial charge in [0, 0.05) is 23.4 Å². The number of pyridine rings is 1. The van der Waals surface area contributed by atoms with Gasteiger partial charge in [-0.05, 0) is 39.8 Å². The summed E-state index contributed by atoms with van der Waals surface area (Å²) < 4.78 is 5.23. The van der Waals surface area contributed by atoms with Crippen molar-refractivity contribution in [3.05, 3.63) is 29.1 Å². The summed E-state index contributed by atoms with van der Waals surface area (Å²) in [5.74, 6) is -0.230. The third-order valence-corrected chi connectivity index (χ3v) is 2.44. The molecule has 1 rings (SSSR count). The lowest BCUT2D eigenvalue weighted by atomic mass is 10.1. The molecule has 3 N–H and O–H groups in total. The first-order valence-electron chi connectivity index (χ1n) is 6.22. The van der Waals surface area contributed by atoms with Crippen LogP contribution < -0.4 is 5.73 Å². The van der Waals surface area contributed by atoms with Gasteiger partial charge in [-0.25, -0.2) is 0 Å². The number of aryl methyl sites for hydroxylation is 2. The van der Waals surface area contributed by atoms with Gasteiger partial charge in [0.25, 0.3) is 0 Å². The summed E-state index contributed by atoms with van der Waals surface area (Å²) in [5, 5.41) is 7.38. The van der Waals surface area contributed by atoms with Crippen LogP contribution in [-0.4, -0.2) is 22.4 Å². The molecule has 0 amide bonds. The molecule has 0 bridgehead atoms. The van der Waals surface area contributed by atoms with E-state index in [1.807, 2.05) is 20.8 Å². The van der Waals surface area contributed by atoms with Crippen molar-refractivity contribution in [3.8, 4) is 0 Å². The first-order chi connectivity index (χ1) is 8.69. The van der Waals surface area contributed by atoms with Crippen molar-refractivity contribution in [3.63, 3.8) is 0 Å². The van der Waals surface area contributed by atoms with E-state index in [0.29, 0.717) is 24.1 Å². The van der Waals surface area contributed by atoms with Gasteiger partial charge in [0.2, 0.25) is 0 Å². The largest absolute Gasteiger partial charge is 0.460 e. The summed E-state index contributed by atoms with van der Waals surface area (Å²) in [6, 6.07) is 3.54. The standard InChI is InChI=1S/C14H21N3O2/c1-9-11(13(15)16)7-5-10(17-9)6-8-12(18)19-14(2,3)4/h5,7H,6,8H2,1-4H3,(H3,15,16). The van der Waals surface area contributed by atoms with Crippen LogP contribution in [0.4, 0.5) is 0 Å². The normalized spacial score (nSPS) is 11.2. The number of hydrogen-bond donors (Lipinski definition) is 2. The SMILES string of the molecule is Cc1nc(CCC(=O)OC(C)(C)C)ccc1C(=N)N. The van der Waals surface area contributed by atoms with Crippen LogP contribution in [0.2, 0.25) is 0 Å². The Morgan fingerprint density at radius 2 is 2.05 bits per heavy atom. The fraction of sp³-hybridized carbons (Fsp3) is 0.500. The van der Waals surface area contributed by atoms with Gasteiger partial charge in [-0.2, -0.15) is 0 Å². The Kier molecular flexibility index (Phi) is 4.64. The Labute approximate surface area is 113 Å². The van der Waals surface area contributed by atoms with Crippen LogP contribution >= 0.6 is 0 Å². The molecule has 1 aromatic rings. The van der Waals surface area contributed by atoms with Gasteiger partial charge in [-0.1, -0.05) is 0 Å². The topological polar surface area (TPSA) is 89.1 Å². The molecule has 0 aromatic carbocycles. The van der Waals surface area contributed by atoms with E-state index in [4.69, 9.17) is 15.9 Å². The lowest BCUT2D eigenvalue weighted by molar-refractivity contribution is -0.154. The summed E-state index contributed by atoms with van der Waals surface area (Å²) in [7, 11) is 0. The smallest absolute Gasteiger partial charge is 0.306 e. The minimum atomic E-state index is -0.459. The number of nitrogens with zero attached hydrogens (tertiary/aromatic N) is 1.